The molecule has 0 saturated carbocycles. The van der Waals surface area contributed by atoms with Gasteiger partial charge in [-0.3, -0.25) is 4.79 Å². The van der Waals surface area contributed by atoms with Crippen molar-refractivity contribution in [1.82, 2.24) is 9.69 Å². The van der Waals surface area contributed by atoms with Gasteiger partial charge in [0.1, 0.15) is 10.6 Å². The molecule has 6 nitrogen and oxygen atoms in total. The SMILES string of the molecule is CNc1snc(C)c1C(=O)O[C@H](C)C(=O)NCc1ccccc1. The van der Waals surface area contributed by atoms with E-state index in [1.165, 1.54) is 11.5 Å². The van der Waals surface area contributed by atoms with Crippen LogP contribution < -0.4 is 10.6 Å². The molecule has 2 aromatic rings. The van der Waals surface area contributed by atoms with Crippen LogP contribution in [0.5, 0.6) is 0 Å². The number of carbonyl (C=O) groups excluding carboxylic acids is 2. The first kappa shape index (κ1) is 17.0. The van der Waals surface area contributed by atoms with Crippen molar-refractivity contribution in [3.63, 3.8) is 0 Å². The van der Waals surface area contributed by atoms with Gasteiger partial charge in [0.25, 0.3) is 5.91 Å². The van der Waals surface area contributed by atoms with E-state index in [2.05, 4.69) is 15.0 Å². The molecule has 0 bridgehead atoms. The highest BCUT2D eigenvalue weighted by atomic mass is 32.1. The Bertz CT molecular complexity index is 685. The summed E-state index contributed by atoms with van der Waals surface area (Å²) in [7, 11) is 1.71. The molecular formula is C16H19N3O3S. The molecule has 0 saturated heterocycles. The van der Waals surface area contributed by atoms with Crippen LogP contribution in [0.3, 0.4) is 0 Å². The topological polar surface area (TPSA) is 80.3 Å². The summed E-state index contributed by atoms with van der Waals surface area (Å²) in [5, 5.41) is 6.28. The molecule has 23 heavy (non-hydrogen) atoms. The third kappa shape index (κ3) is 4.29. The monoisotopic (exact) mass is 333 g/mol. The van der Waals surface area contributed by atoms with Crippen LogP contribution in [0.15, 0.2) is 30.3 Å². The molecule has 1 amide bonds. The minimum absolute atomic E-state index is 0.339. The summed E-state index contributed by atoms with van der Waals surface area (Å²) >= 11 is 1.19. The minimum atomic E-state index is -0.879. The fraction of sp³-hybridized carbons (Fsp3) is 0.312. The second kappa shape index (κ2) is 7.73. The van der Waals surface area contributed by atoms with Gasteiger partial charge < -0.3 is 15.4 Å². The van der Waals surface area contributed by atoms with Gasteiger partial charge in [-0.25, -0.2) is 4.79 Å². The summed E-state index contributed by atoms with van der Waals surface area (Å²) in [6.07, 6.45) is -0.879. The predicted molar refractivity (Wildman–Crippen MR) is 89.6 cm³/mol. The van der Waals surface area contributed by atoms with Crippen LogP contribution in [0.4, 0.5) is 5.00 Å². The van der Waals surface area contributed by atoms with E-state index < -0.39 is 12.1 Å². The van der Waals surface area contributed by atoms with Crippen molar-refractivity contribution in [3.8, 4) is 0 Å². The molecular weight excluding hydrogens is 314 g/mol. The van der Waals surface area contributed by atoms with Crippen molar-refractivity contribution in [3.05, 3.63) is 47.2 Å². The van der Waals surface area contributed by atoms with E-state index in [1.807, 2.05) is 30.3 Å². The zero-order valence-electron chi connectivity index (χ0n) is 13.3. The highest BCUT2D eigenvalue weighted by Crippen LogP contribution is 2.24. The van der Waals surface area contributed by atoms with E-state index >= 15 is 0 Å². The molecule has 0 unspecified atom stereocenters. The summed E-state index contributed by atoms with van der Waals surface area (Å²) in [4.78, 5) is 24.3. The summed E-state index contributed by atoms with van der Waals surface area (Å²) < 4.78 is 9.36. The molecule has 122 valence electrons. The standard InChI is InChI=1S/C16H19N3O3S/c1-10-13(15(17-3)23-19-10)16(21)22-11(2)14(20)18-9-12-7-5-4-6-8-12/h4-8,11,17H,9H2,1-3H3,(H,18,20)/t11-/m1/s1. The third-order valence-electron chi connectivity index (χ3n) is 3.26. The lowest BCUT2D eigenvalue weighted by atomic mass is 10.2. The summed E-state index contributed by atoms with van der Waals surface area (Å²) in [5.41, 5.74) is 1.94. The van der Waals surface area contributed by atoms with Gasteiger partial charge in [0, 0.05) is 13.6 Å². The third-order valence-corrected chi connectivity index (χ3v) is 4.21. The molecule has 1 heterocycles. The maximum absolute atomic E-state index is 12.2. The Morgan fingerprint density at radius 1 is 1.30 bits per heavy atom. The Balaban J connectivity index is 1.92. The summed E-state index contributed by atoms with van der Waals surface area (Å²) in [5.74, 6) is -0.892. The molecule has 1 aromatic heterocycles. The Hall–Kier alpha value is -2.41. The lowest BCUT2D eigenvalue weighted by molar-refractivity contribution is -0.129. The predicted octanol–water partition coefficient (Wildman–Crippen LogP) is 2.35. The van der Waals surface area contributed by atoms with Crippen LogP contribution in [-0.4, -0.2) is 29.4 Å². The van der Waals surface area contributed by atoms with E-state index in [0.717, 1.165) is 5.56 Å². The van der Waals surface area contributed by atoms with Crippen LogP contribution in [0.2, 0.25) is 0 Å². The lowest BCUT2D eigenvalue weighted by Gasteiger charge is -2.14. The Kier molecular flexibility index (Phi) is 5.70. The van der Waals surface area contributed by atoms with Crippen LogP contribution in [0.25, 0.3) is 0 Å². The van der Waals surface area contributed by atoms with E-state index in [0.29, 0.717) is 22.8 Å². The van der Waals surface area contributed by atoms with Gasteiger partial charge >= 0.3 is 5.97 Å². The van der Waals surface area contributed by atoms with Gasteiger partial charge in [-0.1, -0.05) is 30.3 Å². The van der Waals surface area contributed by atoms with Crippen LogP contribution >= 0.6 is 11.5 Å². The van der Waals surface area contributed by atoms with Crippen LogP contribution in [0, 0.1) is 6.92 Å². The van der Waals surface area contributed by atoms with Crippen molar-refractivity contribution in [2.24, 2.45) is 0 Å². The Labute approximate surface area is 139 Å². The van der Waals surface area contributed by atoms with Gasteiger partial charge in [0.05, 0.1) is 5.69 Å². The number of ether oxygens (including phenoxy) is 1. The molecule has 0 radical (unpaired) electrons. The average Bonchev–Trinajstić information content (AvgIpc) is 2.94. The molecule has 1 aromatic carbocycles. The molecule has 2 rings (SSSR count). The van der Waals surface area contributed by atoms with Gasteiger partial charge in [-0.05, 0) is 30.9 Å². The van der Waals surface area contributed by atoms with Gasteiger partial charge in [0.15, 0.2) is 6.10 Å². The number of benzene rings is 1. The van der Waals surface area contributed by atoms with E-state index in [9.17, 15) is 9.59 Å². The first-order chi connectivity index (χ1) is 11.0. The maximum Gasteiger partial charge on any atom is 0.343 e. The number of anilines is 1. The van der Waals surface area contributed by atoms with Crippen molar-refractivity contribution in [2.45, 2.75) is 26.5 Å². The number of nitrogens with one attached hydrogen (secondary N) is 2. The average molecular weight is 333 g/mol. The number of hydrogen-bond donors (Lipinski definition) is 2. The fourth-order valence-electron chi connectivity index (χ4n) is 1.98. The molecule has 2 N–H and O–H groups in total. The number of esters is 1. The van der Waals surface area contributed by atoms with Crippen molar-refractivity contribution in [2.75, 3.05) is 12.4 Å². The second-order valence-electron chi connectivity index (χ2n) is 4.97. The molecule has 7 heteroatoms. The number of nitrogens with zero attached hydrogens (tertiary/aromatic N) is 1. The molecule has 0 spiro atoms. The highest BCUT2D eigenvalue weighted by Gasteiger charge is 2.24. The van der Waals surface area contributed by atoms with E-state index in [-0.39, 0.29) is 5.91 Å². The number of hydrogen-bond acceptors (Lipinski definition) is 6. The smallest absolute Gasteiger partial charge is 0.343 e. The van der Waals surface area contributed by atoms with Gasteiger partial charge in [-0.15, -0.1) is 0 Å². The van der Waals surface area contributed by atoms with Crippen molar-refractivity contribution in [1.29, 1.82) is 0 Å². The van der Waals surface area contributed by atoms with Crippen LogP contribution in [-0.2, 0) is 16.1 Å². The summed E-state index contributed by atoms with van der Waals surface area (Å²) in [6, 6.07) is 9.53. The maximum atomic E-state index is 12.2. The zero-order valence-corrected chi connectivity index (χ0v) is 14.1. The molecule has 0 aliphatic rings. The molecule has 0 fully saturated rings. The fourth-order valence-corrected chi connectivity index (χ4v) is 2.72. The summed E-state index contributed by atoms with van der Waals surface area (Å²) in [6.45, 7) is 3.67. The quantitative estimate of drug-likeness (QED) is 0.793. The largest absolute Gasteiger partial charge is 0.449 e. The number of carbonyl (C=O) groups is 2. The molecule has 0 aliphatic heterocycles. The van der Waals surface area contributed by atoms with Crippen molar-refractivity contribution >= 4 is 28.4 Å². The van der Waals surface area contributed by atoms with Crippen LogP contribution in [0.1, 0.15) is 28.5 Å². The Morgan fingerprint density at radius 3 is 2.65 bits per heavy atom. The number of rotatable bonds is 6. The minimum Gasteiger partial charge on any atom is -0.449 e. The first-order valence-corrected chi connectivity index (χ1v) is 7.97. The lowest BCUT2D eigenvalue weighted by Crippen LogP contribution is -2.35. The number of amides is 1. The molecule has 0 aliphatic carbocycles. The van der Waals surface area contributed by atoms with Gasteiger partial charge in [0.2, 0.25) is 0 Å². The molecule has 1 atom stereocenters. The van der Waals surface area contributed by atoms with Gasteiger partial charge in [-0.2, -0.15) is 4.37 Å². The number of aryl methyl sites for hydroxylation is 1. The second-order valence-corrected chi connectivity index (χ2v) is 5.75. The highest BCUT2D eigenvalue weighted by molar-refractivity contribution is 7.10. The van der Waals surface area contributed by atoms with E-state index in [4.69, 9.17) is 4.74 Å². The zero-order chi connectivity index (χ0) is 16.8. The number of aromatic nitrogens is 1. The Morgan fingerprint density at radius 2 is 2.00 bits per heavy atom. The van der Waals surface area contributed by atoms with E-state index in [1.54, 1.807) is 20.9 Å². The van der Waals surface area contributed by atoms with Crippen molar-refractivity contribution < 1.29 is 14.3 Å². The first-order valence-electron chi connectivity index (χ1n) is 7.19. The normalized spacial score (nSPS) is 11.6.